The molecular formula is C11H11N2O4. The monoisotopic (exact) mass is 235 g/mol. The molecule has 0 bridgehead atoms. The highest BCUT2D eigenvalue weighted by atomic mass is 16.6. The number of hydrogen-bond donors (Lipinski definition) is 1. The predicted octanol–water partition coefficient (Wildman–Crippen LogP) is 0.751. The van der Waals surface area contributed by atoms with E-state index in [1.54, 1.807) is 18.2 Å². The normalized spacial score (nSPS) is 11.4. The van der Waals surface area contributed by atoms with Gasteiger partial charge in [-0.2, -0.15) is 0 Å². The quantitative estimate of drug-likeness (QED) is 0.617. The van der Waals surface area contributed by atoms with Gasteiger partial charge in [-0.25, -0.2) is 9.59 Å². The Labute approximate surface area is 97.7 Å². The zero-order valence-electron chi connectivity index (χ0n) is 9.10. The molecule has 0 aliphatic carbocycles. The molecule has 0 aliphatic heterocycles. The molecule has 1 atom stereocenters. The van der Waals surface area contributed by atoms with E-state index in [0.29, 0.717) is 0 Å². The summed E-state index contributed by atoms with van der Waals surface area (Å²) in [5.41, 5.74) is 6.96. The van der Waals surface area contributed by atoms with E-state index in [0.717, 1.165) is 0 Å². The first-order chi connectivity index (χ1) is 8.00. The van der Waals surface area contributed by atoms with Crippen LogP contribution in [0.1, 0.15) is 17.3 Å². The summed E-state index contributed by atoms with van der Waals surface area (Å²) < 4.78 is 4.43. The van der Waals surface area contributed by atoms with Crippen molar-refractivity contribution in [3.05, 3.63) is 35.9 Å². The number of nitrogens with one attached hydrogen (secondary N) is 2. The van der Waals surface area contributed by atoms with Crippen molar-refractivity contribution < 1.29 is 19.1 Å². The smallest absolute Gasteiger partial charge is 0.373 e. The van der Waals surface area contributed by atoms with Gasteiger partial charge in [0.2, 0.25) is 0 Å². The second-order valence-corrected chi connectivity index (χ2v) is 3.27. The Bertz CT molecular complexity index is 430. The fourth-order valence-electron chi connectivity index (χ4n) is 0.989. The number of amides is 2. The van der Waals surface area contributed by atoms with Gasteiger partial charge in [-0.05, 0) is 19.1 Å². The summed E-state index contributed by atoms with van der Waals surface area (Å²) in [5.74, 6) is -1.78. The van der Waals surface area contributed by atoms with Crippen molar-refractivity contribution in [2.45, 2.75) is 13.0 Å². The lowest BCUT2D eigenvalue weighted by atomic mass is 10.2. The van der Waals surface area contributed by atoms with E-state index in [9.17, 15) is 14.4 Å². The molecule has 1 radical (unpaired) electrons. The highest BCUT2D eigenvalue weighted by molar-refractivity contribution is 5.97. The van der Waals surface area contributed by atoms with E-state index in [2.05, 4.69) is 10.1 Å². The van der Waals surface area contributed by atoms with E-state index >= 15 is 0 Å². The first-order valence-corrected chi connectivity index (χ1v) is 4.84. The number of carbonyl (C=O) groups excluding carboxylic acids is 3. The first kappa shape index (κ1) is 12.7. The van der Waals surface area contributed by atoms with Crippen molar-refractivity contribution in [1.82, 2.24) is 11.1 Å². The molecule has 6 nitrogen and oxygen atoms in total. The second kappa shape index (κ2) is 5.64. The van der Waals surface area contributed by atoms with Crippen LogP contribution in [-0.4, -0.2) is 24.0 Å². The predicted molar refractivity (Wildman–Crippen MR) is 58.0 cm³/mol. The van der Waals surface area contributed by atoms with Crippen LogP contribution in [0.15, 0.2) is 30.3 Å². The highest BCUT2D eigenvalue weighted by Crippen LogP contribution is 2.01. The Balaban J connectivity index is 2.53. The van der Waals surface area contributed by atoms with E-state index in [4.69, 9.17) is 5.73 Å². The zero-order chi connectivity index (χ0) is 12.8. The molecule has 0 aromatic heterocycles. The lowest BCUT2D eigenvalue weighted by Gasteiger charge is -2.08. The van der Waals surface area contributed by atoms with E-state index in [1.807, 2.05) is 0 Å². The molecule has 0 heterocycles. The van der Waals surface area contributed by atoms with E-state index < -0.39 is 24.0 Å². The Morgan fingerprint density at radius 1 is 1.24 bits per heavy atom. The standard InChI is InChI=1S/C11H11N2O4/c1-7(9(12)14)13-11(16)17-10(15)8-5-3-2-4-6-8/h2-7,12H,1H3,(H,13,16). The van der Waals surface area contributed by atoms with E-state index in [-0.39, 0.29) is 5.56 Å². The van der Waals surface area contributed by atoms with Gasteiger partial charge < -0.3 is 10.1 Å². The Kier molecular flexibility index (Phi) is 4.21. The van der Waals surface area contributed by atoms with Crippen LogP contribution < -0.4 is 11.1 Å². The van der Waals surface area contributed by atoms with Crippen LogP contribution in [0.5, 0.6) is 0 Å². The Morgan fingerprint density at radius 2 is 1.82 bits per heavy atom. The summed E-state index contributed by atoms with van der Waals surface area (Å²) in [6.07, 6.45) is -1.05. The molecule has 1 unspecified atom stereocenters. The summed E-state index contributed by atoms with van der Waals surface area (Å²) in [6.45, 7) is 1.32. The number of benzene rings is 1. The van der Waals surface area contributed by atoms with E-state index in [1.165, 1.54) is 19.1 Å². The van der Waals surface area contributed by atoms with Crippen molar-refractivity contribution in [2.24, 2.45) is 0 Å². The van der Waals surface area contributed by atoms with Crippen LogP contribution in [0.25, 0.3) is 0 Å². The van der Waals surface area contributed by atoms with Gasteiger partial charge in [0.1, 0.15) is 6.04 Å². The third-order valence-corrected chi connectivity index (χ3v) is 1.92. The molecule has 2 N–H and O–H groups in total. The van der Waals surface area contributed by atoms with Gasteiger partial charge in [-0.3, -0.25) is 10.5 Å². The molecular weight excluding hydrogens is 224 g/mol. The first-order valence-electron chi connectivity index (χ1n) is 4.84. The van der Waals surface area contributed by atoms with Gasteiger partial charge in [-0.15, -0.1) is 0 Å². The van der Waals surface area contributed by atoms with Gasteiger partial charge in [-0.1, -0.05) is 18.2 Å². The van der Waals surface area contributed by atoms with Gasteiger partial charge in [0.15, 0.2) is 0 Å². The largest absolute Gasteiger partial charge is 0.415 e. The molecule has 0 aliphatic rings. The van der Waals surface area contributed by atoms with Gasteiger partial charge in [0.25, 0.3) is 5.91 Å². The van der Waals surface area contributed by atoms with Crippen molar-refractivity contribution in [3.8, 4) is 0 Å². The van der Waals surface area contributed by atoms with Crippen molar-refractivity contribution in [2.75, 3.05) is 0 Å². The molecule has 17 heavy (non-hydrogen) atoms. The van der Waals surface area contributed by atoms with Crippen molar-refractivity contribution >= 4 is 18.0 Å². The number of esters is 1. The average Bonchev–Trinajstić information content (AvgIpc) is 2.29. The lowest BCUT2D eigenvalue weighted by Crippen LogP contribution is -2.40. The summed E-state index contributed by atoms with van der Waals surface area (Å²) in [7, 11) is 0. The second-order valence-electron chi connectivity index (χ2n) is 3.27. The average molecular weight is 235 g/mol. The molecule has 89 valence electrons. The highest BCUT2D eigenvalue weighted by Gasteiger charge is 2.17. The fourth-order valence-corrected chi connectivity index (χ4v) is 0.989. The lowest BCUT2D eigenvalue weighted by molar-refractivity contribution is -0.120. The summed E-state index contributed by atoms with van der Waals surface area (Å²) in [6, 6.07) is 6.96. The van der Waals surface area contributed by atoms with Crippen molar-refractivity contribution in [1.29, 1.82) is 0 Å². The minimum absolute atomic E-state index is 0.229. The molecule has 1 rings (SSSR count). The zero-order valence-corrected chi connectivity index (χ0v) is 9.10. The van der Waals surface area contributed by atoms with Crippen LogP contribution in [0, 0.1) is 0 Å². The summed E-state index contributed by atoms with van der Waals surface area (Å²) >= 11 is 0. The van der Waals surface area contributed by atoms with Crippen LogP contribution >= 0.6 is 0 Å². The third kappa shape index (κ3) is 3.94. The van der Waals surface area contributed by atoms with Crippen LogP contribution in [0.4, 0.5) is 4.79 Å². The van der Waals surface area contributed by atoms with Gasteiger partial charge in [0, 0.05) is 0 Å². The van der Waals surface area contributed by atoms with Crippen LogP contribution in [0.3, 0.4) is 0 Å². The molecule has 0 saturated heterocycles. The molecule has 0 saturated carbocycles. The molecule has 1 aromatic carbocycles. The number of carbonyl (C=O) groups is 3. The number of hydrogen-bond acceptors (Lipinski definition) is 4. The summed E-state index contributed by atoms with van der Waals surface area (Å²) in [5, 5.41) is 2.06. The summed E-state index contributed by atoms with van der Waals surface area (Å²) in [4.78, 5) is 33.1. The van der Waals surface area contributed by atoms with Crippen LogP contribution in [0.2, 0.25) is 0 Å². The molecule has 6 heteroatoms. The molecule has 0 spiro atoms. The maximum atomic E-state index is 11.4. The molecule has 1 aromatic rings. The van der Waals surface area contributed by atoms with Gasteiger partial charge >= 0.3 is 12.1 Å². The fraction of sp³-hybridized carbons (Fsp3) is 0.182. The Morgan fingerprint density at radius 3 is 2.35 bits per heavy atom. The maximum absolute atomic E-state index is 11.4. The SMILES string of the molecule is CC(NC(=O)OC(=O)c1ccccc1)C([NH])=O. The Hall–Kier alpha value is -2.37. The topological polar surface area (TPSA) is 96.3 Å². The van der Waals surface area contributed by atoms with Crippen LogP contribution in [-0.2, 0) is 9.53 Å². The van der Waals surface area contributed by atoms with Crippen molar-refractivity contribution in [3.63, 3.8) is 0 Å². The number of alkyl carbamates (subject to hydrolysis) is 1. The van der Waals surface area contributed by atoms with Gasteiger partial charge in [0.05, 0.1) is 5.56 Å². The minimum atomic E-state index is -1.05. The minimum Gasteiger partial charge on any atom is -0.373 e. The number of ether oxygens (including phenoxy) is 1. The third-order valence-electron chi connectivity index (χ3n) is 1.92. The molecule has 2 amide bonds. The number of rotatable bonds is 3. The maximum Gasteiger partial charge on any atom is 0.415 e. The molecule has 0 fully saturated rings.